The van der Waals surface area contributed by atoms with Gasteiger partial charge in [0.25, 0.3) is 0 Å². The van der Waals surface area contributed by atoms with Gasteiger partial charge in [-0.25, -0.2) is 9.78 Å². The maximum absolute atomic E-state index is 11.2. The molecule has 1 aromatic heterocycles. The van der Waals surface area contributed by atoms with Crippen molar-refractivity contribution in [1.82, 2.24) is 4.98 Å². The van der Waals surface area contributed by atoms with Crippen molar-refractivity contribution in [3.8, 4) is 0 Å². The first-order valence-electron chi connectivity index (χ1n) is 5.85. The highest BCUT2D eigenvalue weighted by molar-refractivity contribution is 7.13. The molecule has 0 fully saturated rings. The van der Waals surface area contributed by atoms with Crippen molar-refractivity contribution in [3.63, 3.8) is 0 Å². The van der Waals surface area contributed by atoms with Gasteiger partial charge in [0, 0.05) is 19.4 Å². The fraction of sp³-hybridized carbons (Fsp3) is 0.667. The molecule has 0 saturated carbocycles. The van der Waals surface area contributed by atoms with Gasteiger partial charge in [-0.3, -0.25) is 0 Å². The highest BCUT2D eigenvalue weighted by Gasteiger charge is 2.22. The summed E-state index contributed by atoms with van der Waals surface area (Å²) in [6.45, 7) is 4.71. The Morgan fingerprint density at radius 3 is 2.59 bits per heavy atom. The zero-order valence-electron chi connectivity index (χ0n) is 10.5. The maximum Gasteiger partial charge on any atom is 0.347 e. The number of aromatic nitrogens is 1. The number of carboxylic acid groups (broad SMARTS) is 1. The normalized spacial score (nSPS) is 11.1. The SMILES string of the molecule is CCC(CC)c1nc(CCOC)sc1C(=O)O. The Bertz CT molecular complexity index is 372. The molecule has 0 atom stereocenters. The molecule has 17 heavy (non-hydrogen) atoms. The molecule has 0 aliphatic carbocycles. The topological polar surface area (TPSA) is 59.4 Å². The minimum absolute atomic E-state index is 0.244. The summed E-state index contributed by atoms with van der Waals surface area (Å²) in [5.74, 6) is -0.623. The van der Waals surface area contributed by atoms with Crippen molar-refractivity contribution in [1.29, 1.82) is 0 Å². The van der Waals surface area contributed by atoms with Gasteiger partial charge < -0.3 is 9.84 Å². The van der Waals surface area contributed by atoms with Gasteiger partial charge in [-0.2, -0.15) is 0 Å². The predicted molar refractivity (Wildman–Crippen MR) is 68.0 cm³/mol. The Kier molecular flexibility index (Phi) is 5.58. The van der Waals surface area contributed by atoms with Crippen LogP contribution in [0.25, 0.3) is 0 Å². The third kappa shape index (κ3) is 3.51. The van der Waals surface area contributed by atoms with Crippen LogP contribution in [0, 0.1) is 0 Å². The van der Waals surface area contributed by atoms with Crippen LogP contribution in [0.2, 0.25) is 0 Å². The van der Waals surface area contributed by atoms with E-state index in [1.54, 1.807) is 7.11 Å². The summed E-state index contributed by atoms with van der Waals surface area (Å²) in [5.41, 5.74) is 0.749. The van der Waals surface area contributed by atoms with Crippen LogP contribution in [0.1, 0.15) is 53.0 Å². The summed E-state index contributed by atoms with van der Waals surface area (Å²) < 4.78 is 4.99. The molecule has 0 spiro atoms. The first-order chi connectivity index (χ1) is 8.13. The molecular formula is C12H19NO3S. The van der Waals surface area contributed by atoms with E-state index in [0.29, 0.717) is 17.9 Å². The van der Waals surface area contributed by atoms with Crippen LogP contribution in [-0.4, -0.2) is 29.8 Å². The van der Waals surface area contributed by atoms with E-state index in [9.17, 15) is 9.90 Å². The summed E-state index contributed by atoms with van der Waals surface area (Å²) in [6, 6.07) is 0. The average molecular weight is 257 g/mol. The predicted octanol–water partition coefficient (Wildman–Crippen LogP) is 2.93. The van der Waals surface area contributed by atoms with Gasteiger partial charge in [-0.1, -0.05) is 13.8 Å². The van der Waals surface area contributed by atoms with Gasteiger partial charge in [0.05, 0.1) is 17.3 Å². The fourth-order valence-corrected chi connectivity index (χ4v) is 2.75. The van der Waals surface area contributed by atoms with Gasteiger partial charge in [0.1, 0.15) is 4.88 Å². The summed E-state index contributed by atoms with van der Waals surface area (Å²) in [5, 5.41) is 10.0. The largest absolute Gasteiger partial charge is 0.477 e. The van der Waals surface area contributed by atoms with E-state index in [4.69, 9.17) is 4.74 Å². The number of carbonyl (C=O) groups is 1. The second kappa shape index (κ2) is 6.71. The molecule has 96 valence electrons. The average Bonchev–Trinajstić information content (AvgIpc) is 2.72. The van der Waals surface area contributed by atoms with E-state index >= 15 is 0 Å². The number of hydrogen-bond acceptors (Lipinski definition) is 4. The molecule has 0 bridgehead atoms. The Balaban J connectivity index is 3.00. The second-order valence-corrected chi connectivity index (χ2v) is 4.97. The van der Waals surface area contributed by atoms with Crippen LogP contribution in [0.3, 0.4) is 0 Å². The Labute approximate surface area is 106 Å². The van der Waals surface area contributed by atoms with Crippen LogP contribution < -0.4 is 0 Å². The number of rotatable bonds is 7. The molecule has 5 heteroatoms. The monoisotopic (exact) mass is 257 g/mol. The molecule has 0 aliphatic heterocycles. The van der Waals surface area contributed by atoms with Crippen molar-refractivity contribution in [2.24, 2.45) is 0 Å². The molecule has 1 aromatic rings. The van der Waals surface area contributed by atoms with E-state index in [2.05, 4.69) is 18.8 Å². The van der Waals surface area contributed by atoms with Crippen molar-refractivity contribution in [2.75, 3.05) is 13.7 Å². The first kappa shape index (κ1) is 14.1. The van der Waals surface area contributed by atoms with Crippen LogP contribution in [0.4, 0.5) is 0 Å². The van der Waals surface area contributed by atoms with Gasteiger partial charge in [-0.05, 0) is 12.8 Å². The maximum atomic E-state index is 11.2. The Morgan fingerprint density at radius 2 is 2.12 bits per heavy atom. The number of methoxy groups -OCH3 is 1. The summed E-state index contributed by atoms with van der Waals surface area (Å²) in [7, 11) is 1.63. The van der Waals surface area contributed by atoms with E-state index in [-0.39, 0.29) is 5.92 Å². The third-order valence-electron chi connectivity index (χ3n) is 2.78. The molecule has 0 amide bonds. The van der Waals surface area contributed by atoms with Crippen molar-refractivity contribution < 1.29 is 14.6 Å². The standard InChI is InChI=1S/C12H19NO3S/c1-4-8(5-2)10-11(12(14)15)17-9(13-10)6-7-16-3/h8H,4-7H2,1-3H3,(H,14,15). The smallest absolute Gasteiger partial charge is 0.347 e. The van der Waals surface area contributed by atoms with E-state index < -0.39 is 5.97 Å². The lowest BCUT2D eigenvalue weighted by Crippen LogP contribution is -2.04. The number of hydrogen-bond donors (Lipinski definition) is 1. The molecular weight excluding hydrogens is 238 g/mol. The van der Waals surface area contributed by atoms with Gasteiger partial charge in [-0.15, -0.1) is 11.3 Å². The van der Waals surface area contributed by atoms with Crippen LogP contribution in [-0.2, 0) is 11.2 Å². The van der Waals surface area contributed by atoms with E-state index in [0.717, 1.165) is 23.5 Å². The van der Waals surface area contributed by atoms with E-state index in [1.165, 1.54) is 11.3 Å². The minimum Gasteiger partial charge on any atom is -0.477 e. The van der Waals surface area contributed by atoms with E-state index in [1.807, 2.05) is 0 Å². The van der Waals surface area contributed by atoms with Crippen LogP contribution in [0.15, 0.2) is 0 Å². The lowest BCUT2D eigenvalue weighted by molar-refractivity contribution is 0.0700. The zero-order chi connectivity index (χ0) is 12.8. The lowest BCUT2D eigenvalue weighted by atomic mass is 9.98. The number of ether oxygens (including phenoxy) is 1. The molecule has 0 saturated heterocycles. The van der Waals surface area contributed by atoms with Crippen molar-refractivity contribution in [3.05, 3.63) is 15.6 Å². The number of nitrogens with zero attached hydrogens (tertiary/aromatic N) is 1. The quantitative estimate of drug-likeness (QED) is 0.816. The summed E-state index contributed by atoms with van der Waals surface area (Å²) in [4.78, 5) is 16.0. The van der Waals surface area contributed by atoms with Crippen LogP contribution in [0.5, 0.6) is 0 Å². The molecule has 0 unspecified atom stereocenters. The van der Waals surface area contributed by atoms with Crippen LogP contribution >= 0.6 is 11.3 Å². The van der Waals surface area contributed by atoms with Crippen molar-refractivity contribution >= 4 is 17.3 Å². The highest BCUT2D eigenvalue weighted by atomic mass is 32.1. The molecule has 1 N–H and O–H groups in total. The summed E-state index contributed by atoms with van der Waals surface area (Å²) in [6.07, 6.45) is 2.52. The highest BCUT2D eigenvalue weighted by Crippen LogP contribution is 2.30. The third-order valence-corrected chi connectivity index (χ3v) is 3.90. The summed E-state index contributed by atoms with van der Waals surface area (Å²) >= 11 is 1.28. The Morgan fingerprint density at radius 1 is 1.47 bits per heavy atom. The number of aromatic carboxylic acids is 1. The number of thiazole rings is 1. The van der Waals surface area contributed by atoms with Gasteiger partial charge in [0.2, 0.25) is 0 Å². The second-order valence-electron chi connectivity index (χ2n) is 3.88. The van der Waals surface area contributed by atoms with Gasteiger partial charge >= 0.3 is 5.97 Å². The molecule has 4 nitrogen and oxygen atoms in total. The first-order valence-corrected chi connectivity index (χ1v) is 6.67. The lowest BCUT2D eigenvalue weighted by Gasteiger charge is -2.09. The van der Waals surface area contributed by atoms with Gasteiger partial charge in [0.15, 0.2) is 0 Å². The molecule has 1 heterocycles. The molecule has 0 radical (unpaired) electrons. The zero-order valence-corrected chi connectivity index (χ0v) is 11.3. The molecule has 0 aromatic carbocycles. The van der Waals surface area contributed by atoms with Crippen molar-refractivity contribution in [2.45, 2.75) is 39.0 Å². The molecule has 0 aliphatic rings. The number of carboxylic acids is 1. The molecule has 1 rings (SSSR count). The fourth-order valence-electron chi connectivity index (χ4n) is 1.78. The Hall–Kier alpha value is -0.940. The minimum atomic E-state index is -0.868.